The van der Waals surface area contributed by atoms with E-state index in [1.807, 2.05) is 13.1 Å². The van der Waals surface area contributed by atoms with E-state index < -0.39 is 0 Å². The van der Waals surface area contributed by atoms with Crippen LogP contribution in [0, 0.1) is 5.92 Å². The highest BCUT2D eigenvalue weighted by atomic mass is 16.1. The number of aromatic nitrogens is 2. The molecule has 1 aliphatic rings. The molecule has 4 nitrogen and oxygen atoms in total. The second-order valence-corrected chi connectivity index (χ2v) is 5.15. The topological polar surface area (TPSA) is 38.1 Å². The molecule has 0 saturated carbocycles. The van der Waals surface area contributed by atoms with Crippen LogP contribution in [0.15, 0.2) is 6.07 Å². The lowest BCUT2D eigenvalue weighted by molar-refractivity contribution is 0.100. The Morgan fingerprint density at radius 2 is 2.06 bits per heavy atom. The van der Waals surface area contributed by atoms with Gasteiger partial charge >= 0.3 is 0 Å². The van der Waals surface area contributed by atoms with E-state index in [1.54, 1.807) is 11.6 Å². The summed E-state index contributed by atoms with van der Waals surface area (Å²) in [6.07, 6.45) is 3.49. The van der Waals surface area contributed by atoms with Gasteiger partial charge in [0.05, 0.1) is 5.69 Å². The molecule has 0 N–H and O–H groups in total. The van der Waals surface area contributed by atoms with Crippen LogP contribution in [0.4, 0.5) is 0 Å². The highest BCUT2D eigenvalue weighted by molar-refractivity contribution is 5.92. The second kappa shape index (κ2) is 5.00. The maximum Gasteiger partial charge on any atom is 0.177 e. The summed E-state index contributed by atoms with van der Waals surface area (Å²) >= 11 is 0. The number of likely N-dealkylation sites (tertiary alicyclic amines) is 1. The van der Waals surface area contributed by atoms with Crippen LogP contribution in [-0.2, 0) is 13.5 Å². The Hall–Kier alpha value is -1.16. The molecule has 1 aliphatic heterocycles. The highest BCUT2D eigenvalue weighted by Crippen LogP contribution is 2.20. The quantitative estimate of drug-likeness (QED) is 0.745. The Kier molecular flexibility index (Phi) is 3.62. The molecule has 94 valence electrons. The Balaban J connectivity index is 1.99. The van der Waals surface area contributed by atoms with Gasteiger partial charge in [-0.25, -0.2) is 0 Å². The summed E-state index contributed by atoms with van der Waals surface area (Å²) in [4.78, 5) is 13.7. The minimum Gasteiger partial charge on any atom is -0.306 e. The lowest BCUT2D eigenvalue weighted by Crippen LogP contribution is -2.31. The van der Waals surface area contributed by atoms with Crippen molar-refractivity contribution in [1.82, 2.24) is 14.7 Å². The van der Waals surface area contributed by atoms with Crippen LogP contribution in [0.25, 0.3) is 0 Å². The molecule has 0 bridgehead atoms. The fourth-order valence-electron chi connectivity index (χ4n) is 2.52. The standard InChI is InChI=1S/C13H21N3O/c1-10(17)13-9-12(14-16(13)3)8-11-4-6-15(2)7-5-11/h9,11H,4-8H2,1-3H3. The molecule has 0 spiro atoms. The van der Waals surface area contributed by atoms with Crippen LogP contribution < -0.4 is 0 Å². The van der Waals surface area contributed by atoms with E-state index in [0.29, 0.717) is 5.69 Å². The summed E-state index contributed by atoms with van der Waals surface area (Å²) in [5.74, 6) is 0.815. The van der Waals surface area contributed by atoms with Crippen LogP contribution in [-0.4, -0.2) is 40.6 Å². The normalized spacial score (nSPS) is 18.5. The van der Waals surface area contributed by atoms with Gasteiger partial charge in [0.25, 0.3) is 0 Å². The number of Topliss-reactive ketones (excluding diaryl/α,β-unsaturated/α-hetero) is 1. The average Bonchev–Trinajstić information content (AvgIpc) is 2.63. The molecule has 2 rings (SSSR count). The first kappa shape index (κ1) is 12.3. The monoisotopic (exact) mass is 235 g/mol. The minimum absolute atomic E-state index is 0.0922. The molecule has 1 fully saturated rings. The number of carbonyl (C=O) groups excluding carboxylic acids is 1. The number of rotatable bonds is 3. The Labute approximate surface area is 103 Å². The Morgan fingerprint density at radius 1 is 1.41 bits per heavy atom. The maximum atomic E-state index is 11.3. The molecule has 4 heteroatoms. The van der Waals surface area contributed by atoms with Gasteiger partial charge < -0.3 is 4.90 Å². The summed E-state index contributed by atoms with van der Waals surface area (Å²) in [6.45, 7) is 3.95. The van der Waals surface area contributed by atoms with E-state index in [1.165, 1.54) is 25.9 Å². The van der Waals surface area contributed by atoms with Gasteiger partial charge in [0, 0.05) is 14.0 Å². The summed E-state index contributed by atoms with van der Waals surface area (Å²) < 4.78 is 1.70. The second-order valence-electron chi connectivity index (χ2n) is 5.15. The molecule has 2 heterocycles. The Morgan fingerprint density at radius 3 is 2.59 bits per heavy atom. The zero-order chi connectivity index (χ0) is 12.4. The largest absolute Gasteiger partial charge is 0.306 e. The van der Waals surface area contributed by atoms with Gasteiger partial charge in [-0.15, -0.1) is 0 Å². The van der Waals surface area contributed by atoms with Crippen LogP contribution in [0.3, 0.4) is 0 Å². The van der Waals surface area contributed by atoms with Gasteiger partial charge in [-0.1, -0.05) is 0 Å². The number of hydrogen-bond donors (Lipinski definition) is 0. The van der Waals surface area contributed by atoms with E-state index in [4.69, 9.17) is 0 Å². The number of carbonyl (C=O) groups is 1. The zero-order valence-corrected chi connectivity index (χ0v) is 10.9. The highest BCUT2D eigenvalue weighted by Gasteiger charge is 2.19. The average molecular weight is 235 g/mol. The van der Waals surface area contributed by atoms with E-state index in [9.17, 15) is 4.79 Å². The maximum absolute atomic E-state index is 11.3. The van der Waals surface area contributed by atoms with Gasteiger partial charge in [-0.05, 0) is 51.4 Å². The van der Waals surface area contributed by atoms with Crippen molar-refractivity contribution in [3.05, 3.63) is 17.5 Å². The fourth-order valence-corrected chi connectivity index (χ4v) is 2.52. The molecule has 17 heavy (non-hydrogen) atoms. The molecular weight excluding hydrogens is 214 g/mol. The molecular formula is C13H21N3O. The van der Waals surface area contributed by atoms with Crippen LogP contribution >= 0.6 is 0 Å². The van der Waals surface area contributed by atoms with Crippen molar-refractivity contribution in [2.45, 2.75) is 26.2 Å². The van der Waals surface area contributed by atoms with Crippen molar-refractivity contribution >= 4 is 5.78 Å². The lowest BCUT2D eigenvalue weighted by Gasteiger charge is -2.28. The van der Waals surface area contributed by atoms with Gasteiger partial charge in [0.2, 0.25) is 0 Å². The molecule has 0 unspecified atom stereocenters. The smallest absolute Gasteiger partial charge is 0.177 e. The van der Waals surface area contributed by atoms with Gasteiger partial charge in [-0.2, -0.15) is 5.10 Å². The van der Waals surface area contributed by atoms with Crippen molar-refractivity contribution in [2.75, 3.05) is 20.1 Å². The number of nitrogens with zero attached hydrogens (tertiary/aromatic N) is 3. The third kappa shape index (κ3) is 2.94. The van der Waals surface area contributed by atoms with E-state index in [0.717, 1.165) is 18.0 Å². The van der Waals surface area contributed by atoms with E-state index in [2.05, 4.69) is 17.0 Å². The summed E-state index contributed by atoms with van der Waals surface area (Å²) in [6, 6.07) is 1.95. The third-order valence-electron chi connectivity index (χ3n) is 3.63. The van der Waals surface area contributed by atoms with Crippen molar-refractivity contribution < 1.29 is 4.79 Å². The van der Waals surface area contributed by atoms with Crippen LogP contribution in [0.1, 0.15) is 35.9 Å². The number of piperidine rings is 1. The van der Waals surface area contributed by atoms with Gasteiger partial charge in [0.1, 0.15) is 5.69 Å². The zero-order valence-electron chi connectivity index (χ0n) is 10.9. The van der Waals surface area contributed by atoms with Crippen LogP contribution in [0.2, 0.25) is 0 Å². The third-order valence-corrected chi connectivity index (χ3v) is 3.63. The van der Waals surface area contributed by atoms with Crippen LogP contribution in [0.5, 0.6) is 0 Å². The van der Waals surface area contributed by atoms with Crippen molar-refractivity contribution in [1.29, 1.82) is 0 Å². The van der Waals surface area contributed by atoms with Gasteiger partial charge in [-0.3, -0.25) is 9.48 Å². The van der Waals surface area contributed by atoms with Gasteiger partial charge in [0.15, 0.2) is 5.78 Å². The first-order chi connectivity index (χ1) is 8.06. The molecule has 0 radical (unpaired) electrons. The molecule has 1 aromatic heterocycles. The predicted octanol–water partition coefficient (Wildman–Crippen LogP) is 1.51. The minimum atomic E-state index is 0.0922. The first-order valence-corrected chi connectivity index (χ1v) is 6.28. The van der Waals surface area contributed by atoms with Crippen molar-refractivity contribution in [3.8, 4) is 0 Å². The molecule has 1 aromatic rings. The van der Waals surface area contributed by atoms with E-state index >= 15 is 0 Å². The summed E-state index contributed by atoms with van der Waals surface area (Å²) in [5.41, 5.74) is 1.78. The summed E-state index contributed by atoms with van der Waals surface area (Å²) in [5, 5.41) is 4.43. The number of aryl methyl sites for hydroxylation is 1. The molecule has 0 aromatic carbocycles. The molecule has 0 amide bonds. The number of hydrogen-bond acceptors (Lipinski definition) is 3. The SMILES string of the molecule is CC(=O)c1cc(CC2CCN(C)CC2)nn1C. The lowest BCUT2D eigenvalue weighted by atomic mass is 9.92. The predicted molar refractivity (Wildman–Crippen MR) is 67.1 cm³/mol. The molecule has 0 atom stereocenters. The first-order valence-electron chi connectivity index (χ1n) is 6.28. The molecule has 1 saturated heterocycles. The van der Waals surface area contributed by atoms with Crippen molar-refractivity contribution in [3.63, 3.8) is 0 Å². The fraction of sp³-hybridized carbons (Fsp3) is 0.692. The van der Waals surface area contributed by atoms with Crippen molar-refractivity contribution in [2.24, 2.45) is 13.0 Å². The Bertz CT molecular complexity index is 403. The summed E-state index contributed by atoms with van der Waals surface area (Å²) in [7, 11) is 4.01. The molecule has 0 aliphatic carbocycles. The number of ketones is 1. The van der Waals surface area contributed by atoms with E-state index in [-0.39, 0.29) is 5.78 Å².